The number of carboxylic acids is 1. The third-order valence-electron chi connectivity index (χ3n) is 6.27. The maximum Gasteiger partial charge on any atom is 0.308 e. The number of methoxy groups -OCH3 is 1. The summed E-state index contributed by atoms with van der Waals surface area (Å²) < 4.78 is 10.8. The highest BCUT2D eigenvalue weighted by atomic mass is 16.5. The van der Waals surface area contributed by atoms with Crippen molar-refractivity contribution in [2.45, 2.75) is 12.8 Å². The second-order valence-electron chi connectivity index (χ2n) is 7.83. The van der Waals surface area contributed by atoms with E-state index in [1.165, 1.54) is 0 Å². The molecule has 1 spiro atoms. The van der Waals surface area contributed by atoms with E-state index < -0.39 is 11.9 Å². The fourth-order valence-electron chi connectivity index (χ4n) is 4.61. The molecule has 4 rings (SSSR count). The Morgan fingerprint density at radius 1 is 1.10 bits per heavy atom. The number of aliphatic carboxylic acids is 1. The smallest absolute Gasteiger partial charge is 0.308 e. The number of para-hydroxylation sites is 1. The van der Waals surface area contributed by atoms with Gasteiger partial charge in [-0.3, -0.25) is 9.59 Å². The molecular weight excluding hydrogens is 370 g/mol. The number of carboxylic acid groups (broad SMARTS) is 1. The number of benzene rings is 2. The van der Waals surface area contributed by atoms with Gasteiger partial charge in [-0.2, -0.15) is 0 Å². The van der Waals surface area contributed by atoms with E-state index >= 15 is 0 Å². The van der Waals surface area contributed by atoms with Gasteiger partial charge in [-0.1, -0.05) is 30.3 Å². The van der Waals surface area contributed by atoms with Crippen molar-refractivity contribution in [1.29, 1.82) is 0 Å². The number of rotatable bonds is 4. The highest BCUT2D eigenvalue weighted by molar-refractivity contribution is 5.95. The highest BCUT2D eigenvalue weighted by Gasteiger charge is 2.52. The van der Waals surface area contributed by atoms with Crippen LogP contribution in [0.15, 0.2) is 48.5 Å². The summed E-state index contributed by atoms with van der Waals surface area (Å²) in [6.07, 6.45) is 1.36. The predicted molar refractivity (Wildman–Crippen MR) is 108 cm³/mol. The number of carbonyl (C=O) groups is 2. The summed E-state index contributed by atoms with van der Waals surface area (Å²) in [5.41, 5.74) is 2.11. The average Bonchev–Trinajstić information content (AvgIpc) is 3.12. The molecule has 1 N–H and O–H groups in total. The Labute approximate surface area is 170 Å². The first kappa shape index (κ1) is 19.5. The van der Waals surface area contributed by atoms with Gasteiger partial charge in [0.05, 0.1) is 13.0 Å². The van der Waals surface area contributed by atoms with E-state index in [0.29, 0.717) is 38.2 Å². The molecule has 0 aromatic heterocycles. The predicted octanol–water partition coefficient (Wildman–Crippen LogP) is 3.32. The molecule has 1 amide bonds. The van der Waals surface area contributed by atoms with Crippen LogP contribution in [0.3, 0.4) is 0 Å². The van der Waals surface area contributed by atoms with Gasteiger partial charge in [0.2, 0.25) is 0 Å². The Balaban J connectivity index is 1.55. The van der Waals surface area contributed by atoms with Crippen molar-refractivity contribution in [3.05, 3.63) is 54.1 Å². The Hall–Kier alpha value is -2.86. The molecule has 152 valence electrons. The van der Waals surface area contributed by atoms with E-state index in [1.807, 2.05) is 36.4 Å². The summed E-state index contributed by atoms with van der Waals surface area (Å²) in [5.74, 6) is -0.708. The molecule has 6 nitrogen and oxygen atoms in total. The minimum atomic E-state index is -0.825. The van der Waals surface area contributed by atoms with E-state index in [9.17, 15) is 14.7 Å². The molecule has 2 saturated heterocycles. The van der Waals surface area contributed by atoms with Crippen molar-refractivity contribution in [2.75, 3.05) is 33.4 Å². The third-order valence-corrected chi connectivity index (χ3v) is 6.27. The second-order valence-corrected chi connectivity index (χ2v) is 7.83. The number of carbonyl (C=O) groups excluding carboxylic acids is 1. The Morgan fingerprint density at radius 2 is 1.79 bits per heavy atom. The largest absolute Gasteiger partial charge is 0.496 e. The minimum Gasteiger partial charge on any atom is -0.496 e. The van der Waals surface area contributed by atoms with Gasteiger partial charge < -0.3 is 19.5 Å². The SMILES string of the molecule is COc1ccccc1-c1ccc(C(=O)N2CC(C(=O)O)C3(CCOCC3)C2)cc1. The molecule has 2 aromatic rings. The second kappa shape index (κ2) is 7.87. The van der Waals surface area contributed by atoms with Gasteiger partial charge in [0.15, 0.2) is 0 Å². The van der Waals surface area contributed by atoms with Gasteiger partial charge in [0, 0.05) is 42.8 Å². The van der Waals surface area contributed by atoms with Crippen LogP contribution in [-0.2, 0) is 9.53 Å². The normalized spacial score (nSPS) is 20.6. The number of ether oxygens (including phenoxy) is 2. The van der Waals surface area contributed by atoms with E-state index in [1.54, 1.807) is 24.1 Å². The van der Waals surface area contributed by atoms with Crippen molar-refractivity contribution in [1.82, 2.24) is 4.90 Å². The summed E-state index contributed by atoms with van der Waals surface area (Å²) >= 11 is 0. The standard InChI is InChI=1S/C23H25NO5/c1-28-20-5-3-2-4-18(20)16-6-8-17(9-7-16)21(25)24-14-19(22(26)27)23(15-24)10-12-29-13-11-23/h2-9,19H,10-15H2,1H3,(H,26,27). The summed E-state index contributed by atoms with van der Waals surface area (Å²) in [6, 6.07) is 15.1. The molecule has 2 aromatic carbocycles. The fraction of sp³-hybridized carbons (Fsp3) is 0.391. The van der Waals surface area contributed by atoms with Crippen molar-refractivity contribution in [2.24, 2.45) is 11.3 Å². The van der Waals surface area contributed by atoms with Crippen LogP contribution in [0.1, 0.15) is 23.2 Å². The zero-order chi connectivity index (χ0) is 20.4. The molecule has 2 aliphatic rings. The van der Waals surface area contributed by atoms with Crippen LogP contribution in [0.5, 0.6) is 5.75 Å². The molecule has 1 atom stereocenters. The number of amides is 1. The number of hydrogen-bond acceptors (Lipinski definition) is 4. The zero-order valence-electron chi connectivity index (χ0n) is 16.5. The third kappa shape index (κ3) is 3.60. The fourth-order valence-corrected chi connectivity index (χ4v) is 4.61. The number of nitrogens with zero attached hydrogens (tertiary/aromatic N) is 1. The van der Waals surface area contributed by atoms with Gasteiger partial charge in [0.1, 0.15) is 5.75 Å². The monoisotopic (exact) mass is 395 g/mol. The zero-order valence-corrected chi connectivity index (χ0v) is 16.5. The van der Waals surface area contributed by atoms with Gasteiger partial charge in [0.25, 0.3) is 5.91 Å². The van der Waals surface area contributed by atoms with Crippen molar-refractivity contribution < 1.29 is 24.2 Å². The van der Waals surface area contributed by atoms with Crippen LogP contribution < -0.4 is 4.74 Å². The molecule has 0 radical (unpaired) electrons. The summed E-state index contributed by atoms with van der Waals surface area (Å²) in [4.78, 5) is 26.6. The molecule has 29 heavy (non-hydrogen) atoms. The summed E-state index contributed by atoms with van der Waals surface area (Å²) in [6.45, 7) is 1.83. The number of likely N-dealkylation sites (tertiary alicyclic amines) is 1. The van der Waals surface area contributed by atoms with E-state index in [2.05, 4.69) is 0 Å². The van der Waals surface area contributed by atoms with Crippen molar-refractivity contribution in [3.8, 4) is 16.9 Å². The van der Waals surface area contributed by atoms with Crippen LogP contribution in [0.25, 0.3) is 11.1 Å². The van der Waals surface area contributed by atoms with Gasteiger partial charge in [-0.05, 0) is 36.6 Å². The quantitative estimate of drug-likeness (QED) is 0.860. The lowest BCUT2D eigenvalue weighted by atomic mass is 9.72. The molecular formula is C23H25NO5. The Morgan fingerprint density at radius 3 is 2.45 bits per heavy atom. The lowest BCUT2D eigenvalue weighted by molar-refractivity contribution is -0.146. The van der Waals surface area contributed by atoms with Gasteiger partial charge in [-0.15, -0.1) is 0 Å². The molecule has 0 saturated carbocycles. The van der Waals surface area contributed by atoms with Crippen LogP contribution >= 0.6 is 0 Å². The van der Waals surface area contributed by atoms with Crippen LogP contribution in [0.4, 0.5) is 0 Å². The van der Waals surface area contributed by atoms with E-state index in [4.69, 9.17) is 9.47 Å². The molecule has 6 heteroatoms. The lowest BCUT2D eigenvalue weighted by Crippen LogP contribution is -2.40. The molecule has 2 aliphatic heterocycles. The molecule has 0 bridgehead atoms. The molecule has 1 unspecified atom stereocenters. The van der Waals surface area contributed by atoms with E-state index in [0.717, 1.165) is 16.9 Å². The maximum absolute atomic E-state index is 13.1. The first-order valence-corrected chi connectivity index (χ1v) is 9.87. The summed E-state index contributed by atoms with van der Waals surface area (Å²) in [7, 11) is 1.63. The summed E-state index contributed by atoms with van der Waals surface area (Å²) in [5, 5.41) is 9.72. The first-order chi connectivity index (χ1) is 14.0. The van der Waals surface area contributed by atoms with Crippen LogP contribution in [0, 0.1) is 11.3 Å². The Bertz CT molecular complexity index is 902. The van der Waals surface area contributed by atoms with Crippen molar-refractivity contribution >= 4 is 11.9 Å². The number of hydrogen-bond donors (Lipinski definition) is 1. The maximum atomic E-state index is 13.1. The highest BCUT2D eigenvalue weighted by Crippen LogP contribution is 2.44. The molecule has 2 heterocycles. The van der Waals surface area contributed by atoms with E-state index in [-0.39, 0.29) is 17.9 Å². The molecule has 2 fully saturated rings. The average molecular weight is 395 g/mol. The minimum absolute atomic E-state index is 0.119. The van der Waals surface area contributed by atoms with Gasteiger partial charge >= 0.3 is 5.97 Å². The topological polar surface area (TPSA) is 76.1 Å². The van der Waals surface area contributed by atoms with Gasteiger partial charge in [-0.25, -0.2) is 0 Å². The van der Waals surface area contributed by atoms with Crippen LogP contribution in [0.2, 0.25) is 0 Å². The molecule has 0 aliphatic carbocycles. The lowest BCUT2D eigenvalue weighted by Gasteiger charge is -2.36. The van der Waals surface area contributed by atoms with Crippen LogP contribution in [-0.4, -0.2) is 55.3 Å². The first-order valence-electron chi connectivity index (χ1n) is 9.87. The Kier molecular flexibility index (Phi) is 5.28. The van der Waals surface area contributed by atoms with Crippen molar-refractivity contribution in [3.63, 3.8) is 0 Å².